The third-order valence-corrected chi connectivity index (χ3v) is 3.41. The Morgan fingerprint density at radius 1 is 1.07 bits per heavy atom. The van der Waals surface area contributed by atoms with Crippen molar-refractivity contribution in [2.45, 2.75) is 12.8 Å². The molecule has 2 N–H and O–H groups in total. The van der Waals surface area contributed by atoms with Gasteiger partial charge < -0.3 is 15.1 Å². The molecule has 0 aromatic heterocycles. The van der Waals surface area contributed by atoms with Gasteiger partial charge in [-0.15, -0.1) is 0 Å². The number of carboxylic acid groups (broad SMARTS) is 2. The molecule has 1 saturated heterocycles. The molecule has 0 radical (unpaired) electrons. The van der Waals surface area contributed by atoms with E-state index in [1.165, 1.54) is 0 Å². The number of nitrogens with zero attached hydrogens (tertiary/aromatic N) is 1. The molecule has 2 fully saturated rings. The van der Waals surface area contributed by atoms with E-state index in [1.807, 2.05) is 0 Å². The van der Waals surface area contributed by atoms with Crippen molar-refractivity contribution in [3.05, 3.63) is 0 Å². The highest BCUT2D eigenvalue weighted by molar-refractivity contribution is 5.86. The van der Waals surface area contributed by atoms with Crippen molar-refractivity contribution in [3.8, 4) is 0 Å². The molecule has 1 aliphatic carbocycles. The van der Waals surface area contributed by atoms with Gasteiger partial charge in [-0.3, -0.25) is 9.59 Å². The van der Waals surface area contributed by atoms with Gasteiger partial charge in [-0.2, -0.15) is 0 Å². The molecule has 0 spiro atoms. The number of rotatable bonds is 4. The highest BCUT2D eigenvalue weighted by atomic mass is 16.4. The minimum absolute atomic E-state index is 0.182. The first-order chi connectivity index (χ1) is 7.11. The van der Waals surface area contributed by atoms with Crippen LogP contribution in [0.5, 0.6) is 0 Å². The minimum atomic E-state index is -0.966. The Morgan fingerprint density at radius 2 is 1.53 bits per heavy atom. The Balaban J connectivity index is 1.91. The lowest BCUT2D eigenvalue weighted by Crippen LogP contribution is -2.23. The van der Waals surface area contributed by atoms with Crippen LogP contribution in [0.15, 0.2) is 0 Å². The molecule has 1 aliphatic heterocycles. The molecule has 5 heteroatoms. The van der Waals surface area contributed by atoms with Crippen LogP contribution in [0.25, 0.3) is 0 Å². The zero-order chi connectivity index (χ0) is 11.0. The van der Waals surface area contributed by atoms with E-state index >= 15 is 0 Å². The van der Waals surface area contributed by atoms with E-state index in [1.54, 1.807) is 0 Å². The average molecular weight is 213 g/mol. The van der Waals surface area contributed by atoms with Gasteiger partial charge in [-0.05, 0) is 31.8 Å². The molecule has 0 bridgehead atoms. The summed E-state index contributed by atoms with van der Waals surface area (Å²) in [6.45, 7) is 2.60. The number of carboxylic acids is 2. The molecule has 0 aromatic rings. The van der Waals surface area contributed by atoms with E-state index in [0.717, 1.165) is 25.9 Å². The largest absolute Gasteiger partial charge is 0.481 e. The van der Waals surface area contributed by atoms with E-state index in [-0.39, 0.29) is 5.92 Å². The fraction of sp³-hybridized carbons (Fsp3) is 0.800. The van der Waals surface area contributed by atoms with E-state index < -0.39 is 23.8 Å². The van der Waals surface area contributed by atoms with Gasteiger partial charge in [0.1, 0.15) is 0 Å². The zero-order valence-electron chi connectivity index (χ0n) is 8.43. The van der Waals surface area contributed by atoms with Gasteiger partial charge in [-0.1, -0.05) is 0 Å². The smallest absolute Gasteiger partial charge is 0.307 e. The molecular formula is C10H15NO4. The maximum atomic E-state index is 10.8. The van der Waals surface area contributed by atoms with Gasteiger partial charge in [0.15, 0.2) is 0 Å². The molecule has 0 aromatic carbocycles. The summed E-state index contributed by atoms with van der Waals surface area (Å²) in [6, 6.07) is 0. The monoisotopic (exact) mass is 213 g/mol. The summed E-state index contributed by atoms with van der Waals surface area (Å²) < 4.78 is 0. The number of carbonyl (C=O) groups is 2. The topological polar surface area (TPSA) is 77.8 Å². The van der Waals surface area contributed by atoms with Crippen LogP contribution in [-0.4, -0.2) is 46.7 Å². The van der Waals surface area contributed by atoms with E-state index in [2.05, 4.69) is 4.90 Å². The Bertz CT molecular complexity index is 265. The maximum Gasteiger partial charge on any atom is 0.307 e. The van der Waals surface area contributed by atoms with Crippen LogP contribution in [0.1, 0.15) is 12.8 Å². The first-order valence-corrected chi connectivity index (χ1v) is 5.29. The van der Waals surface area contributed by atoms with Crippen molar-refractivity contribution < 1.29 is 19.8 Å². The van der Waals surface area contributed by atoms with Crippen LogP contribution in [0.4, 0.5) is 0 Å². The predicted molar refractivity (Wildman–Crippen MR) is 51.4 cm³/mol. The predicted octanol–water partition coefficient (Wildman–Crippen LogP) is 0.114. The maximum absolute atomic E-state index is 10.8. The third-order valence-electron chi connectivity index (χ3n) is 3.41. The Hall–Kier alpha value is -1.10. The Morgan fingerprint density at radius 3 is 1.93 bits per heavy atom. The average Bonchev–Trinajstić information content (AvgIpc) is 2.62. The highest BCUT2D eigenvalue weighted by Crippen LogP contribution is 2.47. The van der Waals surface area contributed by atoms with E-state index in [4.69, 9.17) is 10.2 Å². The highest BCUT2D eigenvalue weighted by Gasteiger charge is 2.59. The van der Waals surface area contributed by atoms with Crippen molar-refractivity contribution >= 4 is 11.9 Å². The quantitative estimate of drug-likeness (QED) is 0.693. The lowest BCUT2D eigenvalue weighted by molar-refractivity contribution is -0.144. The molecule has 2 rings (SSSR count). The summed E-state index contributed by atoms with van der Waals surface area (Å²) in [5.41, 5.74) is 0. The summed E-state index contributed by atoms with van der Waals surface area (Å²) in [7, 11) is 0. The van der Waals surface area contributed by atoms with Crippen molar-refractivity contribution in [1.29, 1.82) is 0 Å². The fourth-order valence-electron chi connectivity index (χ4n) is 2.54. The molecule has 1 heterocycles. The molecule has 1 unspecified atom stereocenters. The SMILES string of the molecule is O=C(O)[C@@H]1C(CN2CCCC2)[C@@H]1C(=O)O. The van der Waals surface area contributed by atoms with Crippen molar-refractivity contribution in [3.63, 3.8) is 0 Å². The standard InChI is InChI=1S/C10H15NO4/c12-9(13)7-6(8(7)10(14)15)5-11-3-1-2-4-11/h6-8H,1-5H2,(H,12,13)(H,14,15)/t6?,7-,8+. The second-order valence-corrected chi connectivity index (χ2v) is 4.40. The minimum Gasteiger partial charge on any atom is -0.481 e. The number of likely N-dealkylation sites (tertiary alicyclic amines) is 1. The van der Waals surface area contributed by atoms with E-state index in [0.29, 0.717) is 6.54 Å². The van der Waals surface area contributed by atoms with E-state index in [9.17, 15) is 9.59 Å². The summed E-state index contributed by atoms with van der Waals surface area (Å²) in [6.07, 6.45) is 2.28. The van der Waals surface area contributed by atoms with Crippen LogP contribution in [-0.2, 0) is 9.59 Å². The van der Waals surface area contributed by atoms with Gasteiger partial charge in [0.05, 0.1) is 11.8 Å². The van der Waals surface area contributed by atoms with Gasteiger partial charge in [-0.25, -0.2) is 0 Å². The number of hydrogen-bond acceptors (Lipinski definition) is 3. The number of aliphatic carboxylic acids is 2. The van der Waals surface area contributed by atoms with Gasteiger partial charge in [0.2, 0.25) is 0 Å². The molecule has 15 heavy (non-hydrogen) atoms. The molecule has 5 nitrogen and oxygen atoms in total. The lowest BCUT2D eigenvalue weighted by Gasteiger charge is -2.13. The normalized spacial score (nSPS) is 35.3. The molecule has 1 saturated carbocycles. The van der Waals surface area contributed by atoms with Crippen LogP contribution < -0.4 is 0 Å². The fourth-order valence-corrected chi connectivity index (χ4v) is 2.54. The molecule has 84 valence electrons. The van der Waals surface area contributed by atoms with Crippen molar-refractivity contribution in [1.82, 2.24) is 4.90 Å². The zero-order valence-corrected chi connectivity index (χ0v) is 8.43. The molecule has 3 atom stereocenters. The number of hydrogen-bond donors (Lipinski definition) is 2. The Labute approximate surface area is 87.7 Å². The van der Waals surface area contributed by atoms with Crippen LogP contribution in [0.3, 0.4) is 0 Å². The van der Waals surface area contributed by atoms with Gasteiger partial charge in [0.25, 0.3) is 0 Å². The summed E-state index contributed by atoms with van der Waals surface area (Å²) >= 11 is 0. The first-order valence-electron chi connectivity index (χ1n) is 5.29. The first kappa shape index (κ1) is 10.4. The molecular weight excluding hydrogens is 198 g/mol. The van der Waals surface area contributed by atoms with Crippen LogP contribution in [0, 0.1) is 17.8 Å². The molecule has 0 amide bonds. The summed E-state index contributed by atoms with van der Waals surface area (Å²) in [4.78, 5) is 23.7. The second kappa shape index (κ2) is 3.81. The Kier molecular flexibility index (Phi) is 2.65. The van der Waals surface area contributed by atoms with Gasteiger partial charge in [0, 0.05) is 6.54 Å². The lowest BCUT2D eigenvalue weighted by atomic mass is 10.3. The van der Waals surface area contributed by atoms with Crippen molar-refractivity contribution in [2.75, 3.05) is 19.6 Å². The van der Waals surface area contributed by atoms with Crippen LogP contribution in [0.2, 0.25) is 0 Å². The summed E-state index contributed by atoms with van der Waals surface area (Å²) in [5.74, 6) is -3.44. The van der Waals surface area contributed by atoms with Crippen molar-refractivity contribution in [2.24, 2.45) is 17.8 Å². The van der Waals surface area contributed by atoms with Gasteiger partial charge >= 0.3 is 11.9 Å². The second-order valence-electron chi connectivity index (χ2n) is 4.40. The third kappa shape index (κ3) is 1.97. The summed E-state index contributed by atoms with van der Waals surface area (Å²) in [5, 5.41) is 17.7. The molecule has 2 aliphatic rings. The van der Waals surface area contributed by atoms with Crippen LogP contribution >= 0.6 is 0 Å².